The van der Waals surface area contributed by atoms with Crippen LogP contribution in [0.4, 0.5) is 0 Å². The molecule has 1 saturated heterocycles. The maximum atomic E-state index is 12.8. The van der Waals surface area contributed by atoms with E-state index in [0.717, 1.165) is 11.1 Å². The van der Waals surface area contributed by atoms with E-state index in [1.165, 1.54) is 10.8 Å². The number of hydrogen-bond donors (Lipinski definition) is 2. The number of aliphatic hydroxyl groups is 1. The van der Waals surface area contributed by atoms with Crippen molar-refractivity contribution in [3.63, 3.8) is 0 Å². The molecule has 0 radical (unpaired) electrons. The highest BCUT2D eigenvalue weighted by Gasteiger charge is 2.65. The monoisotopic (exact) mass is 492 g/mol. The van der Waals surface area contributed by atoms with E-state index in [4.69, 9.17) is 14.2 Å². The number of fused-ring (bicyclic) bond motifs is 2. The smallest absolute Gasteiger partial charge is 0.330 e. The van der Waals surface area contributed by atoms with Crippen molar-refractivity contribution in [1.29, 1.82) is 0 Å². The fourth-order valence-electron chi connectivity index (χ4n) is 5.55. The maximum absolute atomic E-state index is 12.8. The molecular weight excluding hydrogens is 460 g/mol. The molecule has 3 aromatic rings. The number of aryl methyl sites for hydroxylation is 1. The predicted molar refractivity (Wildman–Crippen MR) is 133 cm³/mol. The van der Waals surface area contributed by atoms with E-state index in [9.17, 15) is 14.7 Å². The number of hydrogen-bond acceptors (Lipinski definition) is 6. The SMILES string of the molecule is Cc1cn([C@@H]2O[C@@]3(COCc4ccccc4)[C@@H](O)C[C@@H](C)[C@@H]2[C@@H]3OCc2ccccc2)c(=O)[nH]c1=O. The summed E-state index contributed by atoms with van der Waals surface area (Å²) >= 11 is 0. The molecule has 0 unspecified atom stereocenters. The van der Waals surface area contributed by atoms with Gasteiger partial charge in [-0.3, -0.25) is 14.3 Å². The summed E-state index contributed by atoms with van der Waals surface area (Å²) in [6, 6.07) is 19.6. The fraction of sp³-hybridized carbons (Fsp3) is 0.429. The molecule has 2 aromatic carbocycles. The Morgan fingerprint density at radius 3 is 2.36 bits per heavy atom. The molecule has 6 atom stereocenters. The van der Waals surface area contributed by atoms with Gasteiger partial charge >= 0.3 is 5.69 Å². The third-order valence-corrected chi connectivity index (χ3v) is 7.45. The van der Waals surface area contributed by atoms with Gasteiger partial charge in [0.1, 0.15) is 11.8 Å². The molecule has 2 N–H and O–H groups in total. The van der Waals surface area contributed by atoms with Gasteiger partial charge in [-0.1, -0.05) is 67.6 Å². The first-order valence-electron chi connectivity index (χ1n) is 12.3. The summed E-state index contributed by atoms with van der Waals surface area (Å²) in [6.07, 6.45) is -0.0983. The van der Waals surface area contributed by atoms with Crippen LogP contribution in [0.3, 0.4) is 0 Å². The predicted octanol–water partition coefficient (Wildman–Crippen LogP) is 2.93. The van der Waals surface area contributed by atoms with Gasteiger partial charge in [0, 0.05) is 17.7 Å². The minimum Gasteiger partial charge on any atom is -0.390 e. The van der Waals surface area contributed by atoms with Gasteiger partial charge in [-0.05, 0) is 30.4 Å². The molecule has 2 fully saturated rings. The van der Waals surface area contributed by atoms with Gasteiger partial charge in [-0.15, -0.1) is 0 Å². The Hall–Kier alpha value is -3.04. The molecule has 0 spiro atoms. The van der Waals surface area contributed by atoms with Crippen molar-refractivity contribution in [3.8, 4) is 0 Å². The van der Waals surface area contributed by atoms with Crippen LogP contribution in [0, 0.1) is 18.8 Å². The van der Waals surface area contributed by atoms with Gasteiger partial charge in [0.05, 0.1) is 32.0 Å². The Morgan fingerprint density at radius 1 is 1.06 bits per heavy atom. The van der Waals surface area contributed by atoms with Gasteiger partial charge in [0.15, 0.2) is 0 Å². The fourth-order valence-corrected chi connectivity index (χ4v) is 5.55. The zero-order chi connectivity index (χ0) is 25.3. The first-order valence-corrected chi connectivity index (χ1v) is 12.3. The molecule has 1 aliphatic heterocycles. The maximum Gasteiger partial charge on any atom is 0.330 e. The van der Waals surface area contributed by atoms with Crippen LogP contribution >= 0.6 is 0 Å². The molecule has 8 nitrogen and oxygen atoms in total. The van der Waals surface area contributed by atoms with Gasteiger partial charge in [0.25, 0.3) is 5.56 Å². The number of nitrogens with zero attached hydrogens (tertiary/aromatic N) is 1. The first-order chi connectivity index (χ1) is 17.4. The minimum atomic E-state index is -1.17. The second kappa shape index (κ2) is 10.1. The van der Waals surface area contributed by atoms with Crippen molar-refractivity contribution in [2.75, 3.05) is 6.61 Å². The number of rotatable bonds is 8. The van der Waals surface area contributed by atoms with Gasteiger partial charge in [-0.25, -0.2) is 4.79 Å². The van der Waals surface area contributed by atoms with E-state index >= 15 is 0 Å². The van der Waals surface area contributed by atoms with E-state index in [2.05, 4.69) is 4.98 Å². The molecular formula is C28H32N2O6. The van der Waals surface area contributed by atoms with Gasteiger partial charge in [-0.2, -0.15) is 0 Å². The first kappa shape index (κ1) is 24.6. The second-order valence-corrected chi connectivity index (χ2v) is 9.94. The molecule has 0 amide bonds. The number of benzene rings is 2. The Labute approximate surface area is 209 Å². The zero-order valence-electron chi connectivity index (χ0n) is 20.5. The molecule has 5 rings (SSSR count). The van der Waals surface area contributed by atoms with Crippen molar-refractivity contribution >= 4 is 0 Å². The summed E-state index contributed by atoms with van der Waals surface area (Å²) in [5, 5.41) is 11.4. The van der Waals surface area contributed by atoms with Crippen molar-refractivity contribution in [2.45, 2.75) is 57.5 Å². The third-order valence-electron chi connectivity index (χ3n) is 7.45. The highest BCUT2D eigenvalue weighted by Crippen LogP contribution is 2.54. The lowest BCUT2D eigenvalue weighted by atomic mass is 9.70. The second-order valence-electron chi connectivity index (χ2n) is 9.94. The minimum absolute atomic E-state index is 0.00495. The van der Waals surface area contributed by atoms with E-state index < -0.39 is 35.3 Å². The van der Waals surface area contributed by atoms with Crippen LogP contribution < -0.4 is 11.2 Å². The average Bonchev–Trinajstić information content (AvgIpc) is 3.15. The molecule has 1 saturated carbocycles. The standard InChI is InChI=1S/C28H32N2O6/c1-18-13-22(31)28(17-34-15-20-9-5-3-6-10-20)24(35-16-21-11-7-4-8-12-21)23(18)26(36-28)30-14-19(2)25(32)29-27(30)33/h3-12,14,18,22-24,26,31H,13,15-17H2,1-2H3,(H,29,32,33)/t18-,22+,23-,24+,26-,28+/m1/s1. The normalized spacial score (nSPS) is 29.4. The number of aromatic nitrogens is 2. The Morgan fingerprint density at radius 2 is 1.69 bits per heavy atom. The van der Waals surface area contributed by atoms with Gasteiger partial charge in [0.2, 0.25) is 0 Å². The van der Waals surface area contributed by atoms with Gasteiger partial charge < -0.3 is 19.3 Å². The van der Waals surface area contributed by atoms with Crippen LogP contribution in [0.25, 0.3) is 0 Å². The molecule has 1 aliphatic carbocycles. The van der Waals surface area contributed by atoms with E-state index in [-0.39, 0.29) is 18.4 Å². The van der Waals surface area contributed by atoms with Crippen molar-refractivity contribution in [3.05, 3.63) is 104 Å². The average molecular weight is 493 g/mol. The van der Waals surface area contributed by atoms with E-state index in [1.54, 1.807) is 6.92 Å². The Kier molecular flexibility index (Phi) is 6.94. The van der Waals surface area contributed by atoms with Crippen molar-refractivity contribution < 1.29 is 19.3 Å². The summed E-state index contributed by atoms with van der Waals surface area (Å²) in [5.74, 6) is -0.241. The lowest BCUT2D eigenvalue weighted by molar-refractivity contribution is -0.211. The van der Waals surface area contributed by atoms with Crippen LogP contribution in [0.15, 0.2) is 76.4 Å². The molecule has 36 heavy (non-hydrogen) atoms. The summed E-state index contributed by atoms with van der Waals surface area (Å²) in [7, 11) is 0. The summed E-state index contributed by atoms with van der Waals surface area (Å²) < 4.78 is 20.6. The Bertz CT molecular complexity index is 1290. The molecule has 2 bridgehead atoms. The summed E-state index contributed by atoms with van der Waals surface area (Å²) in [4.78, 5) is 27.2. The molecule has 1 aromatic heterocycles. The Balaban J connectivity index is 1.49. The third kappa shape index (κ3) is 4.57. The molecule has 8 heteroatoms. The van der Waals surface area contributed by atoms with Crippen LogP contribution in [0.1, 0.15) is 36.3 Å². The number of aliphatic hydroxyl groups excluding tert-OH is 1. The topological polar surface area (TPSA) is 103 Å². The molecule has 2 aliphatic rings. The number of nitrogens with one attached hydrogen (secondary N) is 1. The summed E-state index contributed by atoms with van der Waals surface area (Å²) in [5.41, 5.74) is 0.264. The van der Waals surface area contributed by atoms with E-state index in [1.807, 2.05) is 67.6 Å². The number of H-pyrrole nitrogens is 1. The van der Waals surface area contributed by atoms with Crippen molar-refractivity contribution in [2.24, 2.45) is 11.8 Å². The highest BCUT2D eigenvalue weighted by molar-refractivity contribution is 5.17. The largest absolute Gasteiger partial charge is 0.390 e. The number of ether oxygens (including phenoxy) is 3. The van der Waals surface area contributed by atoms with Crippen LogP contribution in [-0.4, -0.2) is 39.1 Å². The molecule has 190 valence electrons. The molecule has 2 heterocycles. The van der Waals surface area contributed by atoms with Crippen LogP contribution in [0.5, 0.6) is 0 Å². The zero-order valence-corrected chi connectivity index (χ0v) is 20.5. The van der Waals surface area contributed by atoms with Crippen LogP contribution in [-0.2, 0) is 27.4 Å². The lowest BCUT2D eigenvalue weighted by Crippen LogP contribution is -2.59. The number of aromatic amines is 1. The van der Waals surface area contributed by atoms with Crippen molar-refractivity contribution in [1.82, 2.24) is 9.55 Å². The quantitative estimate of drug-likeness (QED) is 0.501. The highest BCUT2D eigenvalue weighted by atomic mass is 16.6. The van der Waals surface area contributed by atoms with Crippen LogP contribution in [0.2, 0.25) is 0 Å². The summed E-state index contributed by atoms with van der Waals surface area (Å²) in [6.45, 7) is 4.46. The lowest BCUT2D eigenvalue weighted by Gasteiger charge is -2.44. The van der Waals surface area contributed by atoms with E-state index in [0.29, 0.717) is 25.2 Å².